The van der Waals surface area contributed by atoms with Crippen molar-refractivity contribution in [2.45, 2.75) is 32.2 Å². The Labute approximate surface area is 108 Å². The number of rotatable bonds is 5. The SMILES string of the molecule is Cn1cc(CNC(=O)CCC2CCCNC2)cn1. The maximum Gasteiger partial charge on any atom is 0.220 e. The smallest absolute Gasteiger partial charge is 0.220 e. The van der Waals surface area contributed by atoms with Gasteiger partial charge >= 0.3 is 0 Å². The van der Waals surface area contributed by atoms with Gasteiger partial charge in [-0.2, -0.15) is 5.10 Å². The van der Waals surface area contributed by atoms with Gasteiger partial charge in [0.15, 0.2) is 0 Å². The summed E-state index contributed by atoms with van der Waals surface area (Å²) in [7, 11) is 1.88. The Morgan fingerprint density at radius 3 is 3.22 bits per heavy atom. The summed E-state index contributed by atoms with van der Waals surface area (Å²) >= 11 is 0. The van der Waals surface area contributed by atoms with Crippen LogP contribution in [0.25, 0.3) is 0 Å². The van der Waals surface area contributed by atoms with Crippen molar-refractivity contribution in [2.75, 3.05) is 13.1 Å². The number of aromatic nitrogens is 2. The molecule has 1 saturated heterocycles. The van der Waals surface area contributed by atoms with Gasteiger partial charge in [0.05, 0.1) is 6.20 Å². The van der Waals surface area contributed by atoms with E-state index in [9.17, 15) is 4.79 Å². The summed E-state index contributed by atoms with van der Waals surface area (Å²) in [5.41, 5.74) is 1.05. The molecule has 0 aliphatic carbocycles. The van der Waals surface area contributed by atoms with Gasteiger partial charge in [0.25, 0.3) is 0 Å². The Balaban J connectivity index is 1.62. The van der Waals surface area contributed by atoms with Crippen LogP contribution in [0.15, 0.2) is 12.4 Å². The van der Waals surface area contributed by atoms with Crippen LogP contribution in [0.4, 0.5) is 0 Å². The van der Waals surface area contributed by atoms with Gasteiger partial charge in [-0.1, -0.05) is 0 Å². The average molecular weight is 250 g/mol. The molecule has 0 spiro atoms. The Hall–Kier alpha value is -1.36. The maximum atomic E-state index is 11.7. The molecule has 1 aliphatic rings. The lowest BCUT2D eigenvalue weighted by Crippen LogP contribution is -2.31. The van der Waals surface area contributed by atoms with E-state index in [4.69, 9.17) is 0 Å². The third-order valence-corrected chi connectivity index (χ3v) is 3.43. The second-order valence-corrected chi connectivity index (χ2v) is 5.05. The molecular weight excluding hydrogens is 228 g/mol. The minimum atomic E-state index is 0.143. The maximum absolute atomic E-state index is 11.7. The average Bonchev–Trinajstić information content (AvgIpc) is 2.81. The molecule has 0 aromatic carbocycles. The number of nitrogens with zero attached hydrogens (tertiary/aromatic N) is 2. The van der Waals surface area contributed by atoms with Gasteiger partial charge < -0.3 is 10.6 Å². The molecule has 1 aromatic heterocycles. The molecule has 2 N–H and O–H groups in total. The molecule has 2 rings (SSSR count). The summed E-state index contributed by atoms with van der Waals surface area (Å²) in [6.45, 7) is 2.77. The topological polar surface area (TPSA) is 59.0 Å². The van der Waals surface area contributed by atoms with Crippen molar-refractivity contribution in [3.8, 4) is 0 Å². The molecule has 0 bridgehead atoms. The number of carbonyl (C=O) groups excluding carboxylic acids is 1. The molecule has 100 valence electrons. The number of carbonyl (C=O) groups is 1. The number of nitrogens with one attached hydrogen (secondary N) is 2. The first-order valence-electron chi connectivity index (χ1n) is 6.69. The molecule has 2 heterocycles. The van der Waals surface area contributed by atoms with Gasteiger partial charge in [0.2, 0.25) is 5.91 Å². The fraction of sp³-hybridized carbons (Fsp3) is 0.692. The molecule has 1 aliphatic heterocycles. The van der Waals surface area contributed by atoms with E-state index >= 15 is 0 Å². The van der Waals surface area contributed by atoms with E-state index < -0.39 is 0 Å². The van der Waals surface area contributed by atoms with E-state index in [-0.39, 0.29) is 5.91 Å². The minimum Gasteiger partial charge on any atom is -0.352 e. The lowest BCUT2D eigenvalue weighted by molar-refractivity contribution is -0.121. The highest BCUT2D eigenvalue weighted by atomic mass is 16.1. The lowest BCUT2D eigenvalue weighted by Gasteiger charge is -2.22. The zero-order valence-corrected chi connectivity index (χ0v) is 11.0. The Kier molecular flexibility index (Phi) is 4.75. The quantitative estimate of drug-likeness (QED) is 0.813. The lowest BCUT2D eigenvalue weighted by atomic mass is 9.94. The van der Waals surface area contributed by atoms with E-state index in [1.54, 1.807) is 10.9 Å². The van der Waals surface area contributed by atoms with E-state index in [0.717, 1.165) is 25.1 Å². The predicted octanol–water partition coefficient (Wildman–Crippen LogP) is 0.816. The molecule has 1 fully saturated rings. The van der Waals surface area contributed by atoms with Crippen molar-refractivity contribution in [1.29, 1.82) is 0 Å². The van der Waals surface area contributed by atoms with Crippen LogP contribution in [-0.4, -0.2) is 28.8 Å². The Morgan fingerprint density at radius 1 is 1.67 bits per heavy atom. The van der Waals surface area contributed by atoms with Crippen LogP contribution in [0, 0.1) is 5.92 Å². The van der Waals surface area contributed by atoms with Crippen LogP contribution in [-0.2, 0) is 18.4 Å². The number of aryl methyl sites for hydroxylation is 1. The predicted molar refractivity (Wildman–Crippen MR) is 69.9 cm³/mol. The summed E-state index contributed by atoms with van der Waals surface area (Å²) < 4.78 is 1.75. The number of amides is 1. The highest BCUT2D eigenvalue weighted by Gasteiger charge is 2.14. The zero-order chi connectivity index (χ0) is 12.8. The van der Waals surface area contributed by atoms with Crippen molar-refractivity contribution >= 4 is 5.91 Å². The van der Waals surface area contributed by atoms with E-state index in [1.165, 1.54) is 12.8 Å². The molecule has 1 amide bonds. The minimum absolute atomic E-state index is 0.143. The van der Waals surface area contributed by atoms with Crippen LogP contribution in [0.5, 0.6) is 0 Å². The second-order valence-electron chi connectivity index (χ2n) is 5.05. The second kappa shape index (κ2) is 6.54. The molecule has 0 saturated carbocycles. The number of piperidine rings is 1. The number of hydrogen-bond acceptors (Lipinski definition) is 3. The first kappa shape index (κ1) is 13.1. The van der Waals surface area contributed by atoms with E-state index in [0.29, 0.717) is 18.9 Å². The van der Waals surface area contributed by atoms with Crippen molar-refractivity contribution in [2.24, 2.45) is 13.0 Å². The molecule has 18 heavy (non-hydrogen) atoms. The highest BCUT2D eigenvalue weighted by Crippen LogP contribution is 2.15. The molecular formula is C13H22N4O. The fourth-order valence-corrected chi connectivity index (χ4v) is 2.36. The summed E-state index contributed by atoms with van der Waals surface area (Å²) in [5.74, 6) is 0.812. The molecule has 1 unspecified atom stereocenters. The van der Waals surface area contributed by atoms with Crippen LogP contribution >= 0.6 is 0 Å². The fourth-order valence-electron chi connectivity index (χ4n) is 2.36. The van der Waals surface area contributed by atoms with E-state index in [2.05, 4.69) is 15.7 Å². The summed E-state index contributed by atoms with van der Waals surface area (Å²) in [6.07, 6.45) is 7.82. The summed E-state index contributed by atoms with van der Waals surface area (Å²) in [5, 5.41) is 10.4. The van der Waals surface area contributed by atoms with Crippen LogP contribution in [0.1, 0.15) is 31.2 Å². The molecule has 1 atom stereocenters. The van der Waals surface area contributed by atoms with Crippen molar-refractivity contribution in [1.82, 2.24) is 20.4 Å². The standard InChI is InChI=1S/C13H22N4O/c1-17-10-12(9-16-17)8-15-13(18)5-4-11-3-2-6-14-7-11/h9-11,14H,2-8H2,1H3,(H,15,18). The third-order valence-electron chi connectivity index (χ3n) is 3.43. The van der Waals surface area contributed by atoms with Gasteiger partial charge in [-0.25, -0.2) is 0 Å². The largest absolute Gasteiger partial charge is 0.352 e. The Morgan fingerprint density at radius 2 is 2.56 bits per heavy atom. The van der Waals surface area contributed by atoms with Gasteiger partial charge in [-0.3, -0.25) is 9.48 Å². The summed E-state index contributed by atoms with van der Waals surface area (Å²) in [4.78, 5) is 11.7. The summed E-state index contributed by atoms with van der Waals surface area (Å²) in [6, 6.07) is 0. The van der Waals surface area contributed by atoms with Gasteiger partial charge in [-0.05, 0) is 38.3 Å². The van der Waals surface area contributed by atoms with Crippen molar-refractivity contribution in [3.05, 3.63) is 18.0 Å². The van der Waals surface area contributed by atoms with Crippen LogP contribution < -0.4 is 10.6 Å². The first-order valence-corrected chi connectivity index (χ1v) is 6.69. The van der Waals surface area contributed by atoms with E-state index in [1.807, 2.05) is 13.2 Å². The van der Waals surface area contributed by atoms with Crippen molar-refractivity contribution in [3.63, 3.8) is 0 Å². The molecule has 1 aromatic rings. The first-order chi connectivity index (χ1) is 8.74. The monoisotopic (exact) mass is 250 g/mol. The third kappa shape index (κ3) is 4.14. The zero-order valence-electron chi connectivity index (χ0n) is 11.0. The van der Waals surface area contributed by atoms with Gasteiger partial charge in [-0.15, -0.1) is 0 Å². The number of hydrogen-bond donors (Lipinski definition) is 2. The van der Waals surface area contributed by atoms with Crippen molar-refractivity contribution < 1.29 is 4.79 Å². The normalized spacial score (nSPS) is 19.7. The molecule has 0 radical (unpaired) electrons. The Bertz CT molecular complexity index is 382. The van der Waals surface area contributed by atoms with Crippen LogP contribution in [0.2, 0.25) is 0 Å². The molecule has 5 nitrogen and oxygen atoms in total. The van der Waals surface area contributed by atoms with Gasteiger partial charge in [0.1, 0.15) is 0 Å². The highest BCUT2D eigenvalue weighted by molar-refractivity contribution is 5.75. The molecule has 5 heteroatoms. The van der Waals surface area contributed by atoms with Gasteiger partial charge in [0, 0.05) is 31.8 Å². The van der Waals surface area contributed by atoms with Crippen LogP contribution in [0.3, 0.4) is 0 Å².